The largest absolute Gasteiger partial charge is 0.491 e. The van der Waals surface area contributed by atoms with Gasteiger partial charge >= 0.3 is 5.76 Å². The lowest BCUT2D eigenvalue weighted by molar-refractivity contribution is 0.284. The summed E-state index contributed by atoms with van der Waals surface area (Å²) < 4.78 is 17.0. The van der Waals surface area contributed by atoms with Gasteiger partial charge in [0.05, 0.1) is 12.8 Å². The van der Waals surface area contributed by atoms with E-state index in [2.05, 4.69) is 5.10 Å². The highest BCUT2D eigenvalue weighted by atomic mass is 16.5. The molecule has 0 atom stereocenters. The third-order valence-electron chi connectivity index (χ3n) is 2.99. The number of furan rings is 1. The zero-order valence-corrected chi connectivity index (χ0v) is 11.5. The minimum atomic E-state index is -0.533. The predicted molar refractivity (Wildman–Crippen MR) is 75.1 cm³/mol. The van der Waals surface area contributed by atoms with Crippen molar-refractivity contribution >= 4 is 0 Å². The fourth-order valence-electron chi connectivity index (χ4n) is 1.91. The van der Waals surface area contributed by atoms with Gasteiger partial charge in [-0.15, -0.1) is 5.10 Å². The van der Waals surface area contributed by atoms with Crippen molar-refractivity contribution in [2.75, 3.05) is 6.61 Å². The third kappa shape index (κ3) is 2.89. The topological polar surface area (TPSA) is 70.4 Å². The number of benzene rings is 1. The van der Waals surface area contributed by atoms with Crippen molar-refractivity contribution in [1.82, 2.24) is 9.78 Å². The lowest BCUT2D eigenvalue weighted by Crippen LogP contribution is -2.20. The number of aryl methyl sites for hydroxylation is 1. The molecule has 0 aliphatic carbocycles. The van der Waals surface area contributed by atoms with Crippen molar-refractivity contribution in [3.05, 3.63) is 58.8 Å². The van der Waals surface area contributed by atoms with Crippen LogP contribution in [0.3, 0.4) is 0 Å². The molecule has 0 spiro atoms. The van der Waals surface area contributed by atoms with Crippen LogP contribution in [0.5, 0.6) is 5.75 Å². The molecule has 0 fully saturated rings. The van der Waals surface area contributed by atoms with E-state index in [-0.39, 0.29) is 5.89 Å². The Bertz CT molecular complexity index is 771. The first kappa shape index (κ1) is 13.2. The van der Waals surface area contributed by atoms with Gasteiger partial charge in [0.15, 0.2) is 5.76 Å². The zero-order valence-electron chi connectivity index (χ0n) is 11.5. The smallest absolute Gasteiger partial charge is 0.437 e. The maximum atomic E-state index is 11.7. The second-order valence-corrected chi connectivity index (χ2v) is 4.49. The highest BCUT2D eigenvalue weighted by molar-refractivity contribution is 5.42. The number of ether oxygens (including phenoxy) is 1. The van der Waals surface area contributed by atoms with E-state index in [9.17, 15) is 4.79 Å². The first-order valence-corrected chi connectivity index (χ1v) is 6.54. The lowest BCUT2D eigenvalue weighted by Gasteiger charge is -2.07. The van der Waals surface area contributed by atoms with Crippen LogP contribution in [0, 0.1) is 6.92 Å². The Balaban J connectivity index is 1.66. The van der Waals surface area contributed by atoms with Crippen LogP contribution in [0.4, 0.5) is 0 Å². The van der Waals surface area contributed by atoms with Crippen LogP contribution in [0.25, 0.3) is 11.7 Å². The summed E-state index contributed by atoms with van der Waals surface area (Å²) in [5.41, 5.74) is 1.04. The molecule has 0 aliphatic heterocycles. The van der Waals surface area contributed by atoms with Gasteiger partial charge in [-0.3, -0.25) is 0 Å². The molecule has 0 saturated carbocycles. The molecule has 21 heavy (non-hydrogen) atoms. The highest BCUT2D eigenvalue weighted by Crippen LogP contribution is 2.17. The Morgan fingerprint density at radius 3 is 2.86 bits per heavy atom. The normalized spacial score (nSPS) is 10.7. The molecule has 2 heterocycles. The fraction of sp³-hybridized carbons (Fsp3) is 0.200. The molecule has 0 unspecified atom stereocenters. The Morgan fingerprint density at radius 1 is 1.24 bits per heavy atom. The number of hydrogen-bond acceptors (Lipinski definition) is 5. The van der Waals surface area contributed by atoms with E-state index in [4.69, 9.17) is 13.6 Å². The van der Waals surface area contributed by atoms with E-state index >= 15 is 0 Å². The second kappa shape index (κ2) is 5.70. The molecule has 0 amide bonds. The molecule has 6 nitrogen and oxygen atoms in total. The van der Waals surface area contributed by atoms with Gasteiger partial charge in [-0.05, 0) is 30.7 Å². The van der Waals surface area contributed by atoms with Crippen LogP contribution in [-0.2, 0) is 6.54 Å². The zero-order chi connectivity index (χ0) is 14.7. The monoisotopic (exact) mass is 286 g/mol. The average Bonchev–Trinajstić information content (AvgIpc) is 3.11. The van der Waals surface area contributed by atoms with Crippen molar-refractivity contribution in [2.45, 2.75) is 13.5 Å². The van der Waals surface area contributed by atoms with Gasteiger partial charge in [0, 0.05) is 0 Å². The summed E-state index contributed by atoms with van der Waals surface area (Å²) in [5, 5.41) is 4.07. The third-order valence-corrected chi connectivity index (χ3v) is 2.99. The molecule has 6 heteroatoms. The van der Waals surface area contributed by atoms with Gasteiger partial charge in [0.1, 0.15) is 12.4 Å². The van der Waals surface area contributed by atoms with E-state index in [0.717, 1.165) is 11.3 Å². The fourth-order valence-corrected chi connectivity index (χ4v) is 1.91. The Labute approximate surface area is 120 Å². The summed E-state index contributed by atoms with van der Waals surface area (Å²) in [6, 6.07) is 11.1. The van der Waals surface area contributed by atoms with Crippen LogP contribution in [0.15, 0.2) is 56.3 Å². The van der Waals surface area contributed by atoms with Crippen molar-refractivity contribution < 1.29 is 13.6 Å². The highest BCUT2D eigenvalue weighted by Gasteiger charge is 2.12. The lowest BCUT2D eigenvalue weighted by atomic mass is 10.2. The summed E-state index contributed by atoms with van der Waals surface area (Å²) >= 11 is 0. The van der Waals surface area contributed by atoms with Crippen LogP contribution in [0.1, 0.15) is 5.56 Å². The van der Waals surface area contributed by atoms with Crippen LogP contribution in [0.2, 0.25) is 0 Å². The van der Waals surface area contributed by atoms with Gasteiger partial charge in [-0.1, -0.05) is 18.2 Å². The molecule has 0 bridgehead atoms. The number of nitrogens with zero attached hydrogens (tertiary/aromatic N) is 2. The van der Waals surface area contributed by atoms with Gasteiger partial charge in [-0.25, -0.2) is 4.79 Å². The van der Waals surface area contributed by atoms with E-state index in [1.54, 1.807) is 12.1 Å². The molecular formula is C15H14N2O4. The molecule has 2 aromatic heterocycles. The van der Waals surface area contributed by atoms with Gasteiger partial charge in [-0.2, -0.15) is 4.68 Å². The van der Waals surface area contributed by atoms with Gasteiger partial charge < -0.3 is 13.6 Å². The number of hydrogen-bond donors (Lipinski definition) is 0. The average molecular weight is 286 g/mol. The standard InChI is InChI=1S/C15H14N2O4/c1-11-5-2-3-6-12(11)20-10-8-17-15(18)21-14(16-17)13-7-4-9-19-13/h2-7,9H,8,10H2,1H3. The van der Waals surface area contributed by atoms with Crippen molar-refractivity contribution in [3.8, 4) is 17.4 Å². The molecule has 108 valence electrons. The van der Waals surface area contributed by atoms with Crippen molar-refractivity contribution in [3.63, 3.8) is 0 Å². The van der Waals surface area contributed by atoms with E-state index in [1.165, 1.54) is 10.9 Å². The Morgan fingerprint density at radius 2 is 2.10 bits per heavy atom. The summed E-state index contributed by atoms with van der Waals surface area (Å²) in [6.07, 6.45) is 1.50. The molecule has 3 rings (SSSR count). The first-order valence-electron chi connectivity index (χ1n) is 6.54. The molecule has 0 radical (unpaired) electrons. The van der Waals surface area contributed by atoms with Gasteiger partial charge in [0.2, 0.25) is 0 Å². The first-order chi connectivity index (χ1) is 10.2. The molecule has 0 saturated heterocycles. The molecule has 0 aliphatic rings. The summed E-state index contributed by atoms with van der Waals surface area (Å²) in [4.78, 5) is 11.7. The summed E-state index contributed by atoms with van der Waals surface area (Å²) in [5.74, 6) is 0.849. The molecule has 3 aromatic rings. The SMILES string of the molecule is Cc1ccccc1OCCn1nc(-c2ccco2)oc1=O. The van der Waals surface area contributed by atoms with Crippen LogP contribution >= 0.6 is 0 Å². The minimum Gasteiger partial charge on any atom is -0.491 e. The molecule has 1 aromatic carbocycles. The second-order valence-electron chi connectivity index (χ2n) is 4.49. The predicted octanol–water partition coefficient (Wildman–Crippen LogP) is 2.48. The Hall–Kier alpha value is -2.76. The van der Waals surface area contributed by atoms with E-state index < -0.39 is 5.76 Å². The minimum absolute atomic E-state index is 0.167. The maximum absolute atomic E-state index is 11.7. The van der Waals surface area contributed by atoms with E-state index in [0.29, 0.717) is 18.9 Å². The number of aromatic nitrogens is 2. The number of rotatable bonds is 5. The number of para-hydroxylation sites is 1. The summed E-state index contributed by atoms with van der Waals surface area (Å²) in [6.45, 7) is 2.60. The van der Waals surface area contributed by atoms with Crippen molar-refractivity contribution in [1.29, 1.82) is 0 Å². The van der Waals surface area contributed by atoms with E-state index in [1.807, 2.05) is 31.2 Å². The molecular weight excluding hydrogens is 272 g/mol. The van der Waals surface area contributed by atoms with Crippen molar-refractivity contribution in [2.24, 2.45) is 0 Å². The van der Waals surface area contributed by atoms with Crippen LogP contribution < -0.4 is 10.5 Å². The maximum Gasteiger partial charge on any atom is 0.437 e. The quantitative estimate of drug-likeness (QED) is 0.720. The van der Waals surface area contributed by atoms with Gasteiger partial charge in [0.25, 0.3) is 5.89 Å². The summed E-state index contributed by atoms with van der Waals surface area (Å²) in [7, 11) is 0. The Kier molecular flexibility index (Phi) is 3.59. The molecule has 0 N–H and O–H groups in total. The van der Waals surface area contributed by atoms with Crippen LogP contribution in [-0.4, -0.2) is 16.4 Å².